The molecule has 2 N–H and O–H groups in total. The topological polar surface area (TPSA) is 66.0 Å². The van der Waals surface area contributed by atoms with Crippen LogP contribution < -0.4 is 10.5 Å². The maximum absolute atomic E-state index is 6.03. The fourth-order valence-corrected chi connectivity index (χ4v) is 2.16. The number of hydrogen-bond acceptors (Lipinski definition) is 4. The maximum Gasteiger partial charge on any atom is 0.207 e. The third kappa shape index (κ3) is 1.71. The number of nitrogens with zero attached hydrogens (tertiary/aromatic N) is 3. The van der Waals surface area contributed by atoms with E-state index in [1.807, 2.05) is 37.3 Å². The third-order valence-corrected chi connectivity index (χ3v) is 3.10. The summed E-state index contributed by atoms with van der Waals surface area (Å²) in [4.78, 5) is 8.77. The summed E-state index contributed by atoms with van der Waals surface area (Å²) in [7, 11) is 1.63. The molecule has 5 heteroatoms. The number of aromatic nitrogens is 3. The van der Waals surface area contributed by atoms with E-state index in [-0.39, 0.29) is 0 Å². The van der Waals surface area contributed by atoms with Crippen LogP contribution in [0.3, 0.4) is 0 Å². The zero-order chi connectivity index (χ0) is 13.4. The molecule has 1 aromatic carbocycles. The normalized spacial score (nSPS) is 10.8. The molecule has 0 spiro atoms. The Bertz CT molecular complexity index is 748. The van der Waals surface area contributed by atoms with E-state index in [2.05, 4.69) is 9.97 Å². The Labute approximate surface area is 110 Å². The highest BCUT2D eigenvalue weighted by Crippen LogP contribution is 2.29. The smallest absolute Gasteiger partial charge is 0.207 e. The van der Waals surface area contributed by atoms with Crippen molar-refractivity contribution >= 4 is 17.1 Å². The van der Waals surface area contributed by atoms with Gasteiger partial charge in [0.1, 0.15) is 11.3 Å². The molecule has 0 aliphatic heterocycles. The van der Waals surface area contributed by atoms with E-state index in [1.165, 1.54) is 0 Å². The van der Waals surface area contributed by atoms with Crippen LogP contribution in [-0.4, -0.2) is 21.6 Å². The number of ether oxygens (including phenoxy) is 1. The summed E-state index contributed by atoms with van der Waals surface area (Å²) in [6, 6.07) is 9.58. The average Bonchev–Trinajstić information content (AvgIpc) is 2.76. The quantitative estimate of drug-likeness (QED) is 0.762. The molecule has 0 bridgehead atoms. The van der Waals surface area contributed by atoms with Gasteiger partial charge in [-0.3, -0.25) is 4.57 Å². The first-order valence-corrected chi connectivity index (χ1v) is 5.95. The van der Waals surface area contributed by atoms with Crippen molar-refractivity contribution in [2.75, 3.05) is 12.8 Å². The Hall–Kier alpha value is -2.56. The first-order chi connectivity index (χ1) is 9.22. The number of pyridine rings is 1. The first kappa shape index (κ1) is 11.5. The molecule has 3 rings (SSSR count). The Morgan fingerprint density at radius 1 is 1.21 bits per heavy atom. The second kappa shape index (κ2) is 4.28. The molecule has 0 aliphatic rings. The number of hydrogen-bond donors (Lipinski definition) is 1. The number of anilines is 1. The molecule has 0 atom stereocenters. The summed E-state index contributed by atoms with van der Waals surface area (Å²) in [6.45, 7) is 1.99. The number of nitrogens with two attached hydrogens (primary N) is 1. The van der Waals surface area contributed by atoms with Crippen LogP contribution in [0, 0.1) is 6.92 Å². The lowest BCUT2D eigenvalue weighted by Crippen LogP contribution is -2.03. The van der Waals surface area contributed by atoms with Crippen LogP contribution in [0.5, 0.6) is 5.75 Å². The van der Waals surface area contributed by atoms with E-state index in [0.29, 0.717) is 5.95 Å². The minimum atomic E-state index is 0.404. The van der Waals surface area contributed by atoms with Crippen LogP contribution in [0.1, 0.15) is 5.56 Å². The van der Waals surface area contributed by atoms with Gasteiger partial charge in [0, 0.05) is 6.20 Å². The molecule has 19 heavy (non-hydrogen) atoms. The predicted octanol–water partition coefficient (Wildman–Crippen LogP) is 2.32. The number of nitrogen functional groups attached to an aromatic ring is 1. The van der Waals surface area contributed by atoms with E-state index in [9.17, 15) is 0 Å². The van der Waals surface area contributed by atoms with Crippen molar-refractivity contribution in [3.63, 3.8) is 0 Å². The Kier molecular flexibility index (Phi) is 2.59. The highest BCUT2D eigenvalue weighted by Gasteiger charge is 2.15. The van der Waals surface area contributed by atoms with Crippen LogP contribution in [0.25, 0.3) is 16.9 Å². The molecule has 0 amide bonds. The second-order valence-electron chi connectivity index (χ2n) is 4.28. The van der Waals surface area contributed by atoms with Gasteiger partial charge >= 0.3 is 0 Å². The van der Waals surface area contributed by atoms with Gasteiger partial charge in [0.15, 0.2) is 5.65 Å². The van der Waals surface area contributed by atoms with Gasteiger partial charge in [-0.15, -0.1) is 0 Å². The van der Waals surface area contributed by atoms with Crippen LogP contribution in [0.4, 0.5) is 5.95 Å². The van der Waals surface area contributed by atoms with Crippen molar-refractivity contribution in [3.8, 4) is 11.4 Å². The molecule has 96 valence electrons. The van der Waals surface area contributed by atoms with E-state index in [4.69, 9.17) is 10.5 Å². The molecule has 0 saturated heterocycles. The van der Waals surface area contributed by atoms with Crippen LogP contribution in [-0.2, 0) is 0 Å². The summed E-state index contributed by atoms with van der Waals surface area (Å²) >= 11 is 0. The van der Waals surface area contributed by atoms with Crippen LogP contribution in [0.2, 0.25) is 0 Å². The SMILES string of the molecule is COc1ccccc1-n1c(N)nc2c(C)ccnc21. The first-order valence-electron chi connectivity index (χ1n) is 5.95. The van der Waals surface area contributed by atoms with Crippen molar-refractivity contribution in [1.29, 1.82) is 0 Å². The lowest BCUT2D eigenvalue weighted by atomic mass is 10.2. The van der Waals surface area contributed by atoms with Crippen molar-refractivity contribution in [3.05, 3.63) is 42.1 Å². The highest BCUT2D eigenvalue weighted by molar-refractivity contribution is 5.80. The standard InChI is InChI=1S/C14H14N4O/c1-9-7-8-16-13-12(9)17-14(15)18(13)10-5-3-4-6-11(10)19-2/h3-8H,1-2H3,(H2,15,17). The van der Waals surface area contributed by atoms with Gasteiger partial charge in [-0.1, -0.05) is 12.1 Å². The molecule has 2 aromatic heterocycles. The summed E-state index contributed by atoms with van der Waals surface area (Å²) < 4.78 is 7.18. The van der Waals surface area contributed by atoms with Crippen molar-refractivity contribution in [2.24, 2.45) is 0 Å². The number of benzene rings is 1. The van der Waals surface area contributed by atoms with E-state index < -0.39 is 0 Å². The largest absolute Gasteiger partial charge is 0.495 e. The van der Waals surface area contributed by atoms with Gasteiger partial charge in [-0.2, -0.15) is 0 Å². The summed E-state index contributed by atoms with van der Waals surface area (Å²) in [5, 5.41) is 0. The summed E-state index contributed by atoms with van der Waals surface area (Å²) in [5.74, 6) is 1.14. The van der Waals surface area contributed by atoms with Crippen LogP contribution in [0.15, 0.2) is 36.5 Å². The Morgan fingerprint density at radius 2 is 2.00 bits per heavy atom. The van der Waals surface area contributed by atoms with Crippen LogP contribution >= 0.6 is 0 Å². The molecule has 2 heterocycles. The van der Waals surface area contributed by atoms with Gasteiger partial charge < -0.3 is 10.5 Å². The van der Waals surface area contributed by atoms with Crippen molar-refractivity contribution in [2.45, 2.75) is 6.92 Å². The molecule has 5 nitrogen and oxygen atoms in total. The van der Waals surface area contributed by atoms with Gasteiger partial charge in [0.25, 0.3) is 0 Å². The monoisotopic (exact) mass is 254 g/mol. The van der Waals surface area contributed by atoms with Gasteiger partial charge in [-0.05, 0) is 30.7 Å². The van der Waals surface area contributed by atoms with E-state index in [0.717, 1.165) is 28.2 Å². The number of aryl methyl sites for hydroxylation is 1. The van der Waals surface area contributed by atoms with Gasteiger partial charge in [0.2, 0.25) is 5.95 Å². The fraction of sp³-hybridized carbons (Fsp3) is 0.143. The fourth-order valence-electron chi connectivity index (χ4n) is 2.16. The number of rotatable bonds is 2. The molecule has 0 unspecified atom stereocenters. The molecule has 0 radical (unpaired) electrons. The maximum atomic E-state index is 6.03. The zero-order valence-corrected chi connectivity index (χ0v) is 10.8. The molecule has 0 aliphatic carbocycles. The van der Waals surface area contributed by atoms with Gasteiger partial charge in [0.05, 0.1) is 12.8 Å². The van der Waals surface area contributed by atoms with E-state index in [1.54, 1.807) is 17.9 Å². The molecule has 0 fully saturated rings. The number of methoxy groups -OCH3 is 1. The Morgan fingerprint density at radius 3 is 2.79 bits per heavy atom. The third-order valence-electron chi connectivity index (χ3n) is 3.10. The zero-order valence-electron chi connectivity index (χ0n) is 10.8. The lowest BCUT2D eigenvalue weighted by molar-refractivity contribution is 0.413. The Balaban J connectivity index is 2.37. The van der Waals surface area contributed by atoms with Crippen molar-refractivity contribution in [1.82, 2.24) is 14.5 Å². The minimum absolute atomic E-state index is 0.404. The summed E-state index contributed by atoms with van der Waals surface area (Å²) in [6.07, 6.45) is 1.75. The molecule has 3 aromatic rings. The molecular formula is C14H14N4O. The average molecular weight is 254 g/mol. The highest BCUT2D eigenvalue weighted by atomic mass is 16.5. The second-order valence-corrected chi connectivity index (χ2v) is 4.28. The van der Waals surface area contributed by atoms with E-state index >= 15 is 0 Å². The molecule has 0 saturated carbocycles. The minimum Gasteiger partial charge on any atom is -0.495 e. The van der Waals surface area contributed by atoms with Crippen molar-refractivity contribution < 1.29 is 4.74 Å². The number of fused-ring (bicyclic) bond motifs is 1. The number of imidazole rings is 1. The number of para-hydroxylation sites is 2. The summed E-state index contributed by atoms with van der Waals surface area (Å²) in [5.41, 5.74) is 9.47. The van der Waals surface area contributed by atoms with Gasteiger partial charge in [-0.25, -0.2) is 9.97 Å². The predicted molar refractivity (Wildman–Crippen MR) is 74.6 cm³/mol. The lowest BCUT2D eigenvalue weighted by Gasteiger charge is -2.10. The molecular weight excluding hydrogens is 240 g/mol.